The molecule has 0 saturated heterocycles. The second kappa shape index (κ2) is 4.81. The van der Waals surface area contributed by atoms with Crippen LogP contribution in [0.1, 0.15) is 38.1 Å². The van der Waals surface area contributed by atoms with Crippen LogP contribution in [0.3, 0.4) is 0 Å². The van der Waals surface area contributed by atoms with Crippen LogP contribution in [0.4, 0.5) is 0 Å². The summed E-state index contributed by atoms with van der Waals surface area (Å²) in [4.78, 5) is 13.7. The Morgan fingerprint density at radius 3 is 2.78 bits per heavy atom. The van der Waals surface area contributed by atoms with Crippen molar-refractivity contribution >= 4 is 5.91 Å². The van der Waals surface area contributed by atoms with Crippen LogP contribution in [0.25, 0.3) is 0 Å². The fraction of sp³-hybridized carbons (Fsp3) is 0.615. The zero-order valence-corrected chi connectivity index (χ0v) is 11.1. The molecule has 1 aliphatic heterocycles. The summed E-state index contributed by atoms with van der Waals surface area (Å²) in [5.41, 5.74) is 2.11. The van der Waals surface area contributed by atoms with Crippen molar-refractivity contribution in [2.24, 2.45) is 0 Å². The average molecular weight is 246 g/mol. The van der Waals surface area contributed by atoms with Gasteiger partial charge in [0.2, 0.25) is 5.91 Å². The van der Waals surface area contributed by atoms with Gasteiger partial charge < -0.3 is 4.90 Å². The van der Waals surface area contributed by atoms with E-state index in [1.54, 1.807) is 16.5 Å². The van der Waals surface area contributed by atoms with Crippen molar-refractivity contribution in [2.75, 3.05) is 6.54 Å². The number of carbonyl (C=O) groups excluding carboxylic acids is 1. The summed E-state index contributed by atoms with van der Waals surface area (Å²) in [6.45, 7) is 6.78. The Bertz CT molecular complexity index is 498. The van der Waals surface area contributed by atoms with Gasteiger partial charge in [-0.3, -0.25) is 9.48 Å². The van der Waals surface area contributed by atoms with Crippen LogP contribution < -0.4 is 0 Å². The van der Waals surface area contributed by atoms with Gasteiger partial charge in [0.15, 0.2) is 0 Å². The molecular formula is C13H18N4O. The molecule has 1 amide bonds. The highest BCUT2D eigenvalue weighted by Gasteiger charge is 2.25. The molecule has 5 nitrogen and oxygen atoms in total. The third-order valence-electron chi connectivity index (χ3n) is 3.34. The van der Waals surface area contributed by atoms with Crippen molar-refractivity contribution in [3.8, 4) is 6.07 Å². The first kappa shape index (κ1) is 12.6. The predicted octanol–water partition coefficient (Wildman–Crippen LogP) is 1.30. The quantitative estimate of drug-likeness (QED) is 0.790. The summed E-state index contributed by atoms with van der Waals surface area (Å²) in [6, 6.07) is 3.82. The lowest BCUT2D eigenvalue weighted by Gasteiger charge is -2.22. The lowest BCUT2D eigenvalue weighted by atomic mass is 10.1. The molecule has 0 saturated carbocycles. The van der Waals surface area contributed by atoms with Crippen LogP contribution in [0.2, 0.25) is 0 Å². The van der Waals surface area contributed by atoms with E-state index < -0.39 is 0 Å². The molecule has 1 unspecified atom stereocenters. The fourth-order valence-corrected chi connectivity index (χ4v) is 2.16. The van der Waals surface area contributed by atoms with E-state index in [1.165, 1.54) is 0 Å². The molecule has 0 N–H and O–H groups in total. The molecule has 0 aliphatic carbocycles. The molecule has 0 radical (unpaired) electrons. The van der Waals surface area contributed by atoms with Crippen LogP contribution in [0.5, 0.6) is 0 Å². The first-order valence-electron chi connectivity index (χ1n) is 6.28. The minimum atomic E-state index is -0.369. The first-order chi connectivity index (χ1) is 8.52. The number of hydrogen-bond acceptors (Lipinski definition) is 3. The Labute approximate surface area is 107 Å². The zero-order chi connectivity index (χ0) is 13.3. The Morgan fingerprint density at radius 1 is 1.44 bits per heavy atom. The Balaban J connectivity index is 2.23. The van der Waals surface area contributed by atoms with Gasteiger partial charge >= 0.3 is 0 Å². The van der Waals surface area contributed by atoms with Crippen molar-refractivity contribution in [2.45, 2.75) is 45.7 Å². The molecule has 18 heavy (non-hydrogen) atoms. The Hall–Kier alpha value is -1.83. The van der Waals surface area contributed by atoms with Gasteiger partial charge in [-0.05, 0) is 18.9 Å². The SMILES string of the molecule is CC(C)c1cc2n(n1)CC(=O)N(C(C)C#N)CC2. The van der Waals surface area contributed by atoms with E-state index in [2.05, 4.69) is 31.1 Å². The number of aromatic nitrogens is 2. The van der Waals surface area contributed by atoms with Gasteiger partial charge in [0, 0.05) is 18.7 Å². The molecule has 5 heteroatoms. The number of nitriles is 1. The van der Waals surface area contributed by atoms with Crippen LogP contribution in [-0.4, -0.2) is 33.2 Å². The van der Waals surface area contributed by atoms with Crippen molar-refractivity contribution < 1.29 is 4.79 Å². The summed E-state index contributed by atoms with van der Waals surface area (Å²) in [7, 11) is 0. The summed E-state index contributed by atoms with van der Waals surface area (Å²) < 4.78 is 1.78. The van der Waals surface area contributed by atoms with Gasteiger partial charge in [-0.15, -0.1) is 0 Å². The largest absolute Gasteiger partial charge is 0.325 e. The summed E-state index contributed by atoms with van der Waals surface area (Å²) in [5, 5.41) is 13.4. The average Bonchev–Trinajstić information content (AvgIpc) is 2.66. The number of hydrogen-bond donors (Lipinski definition) is 0. The van der Waals surface area contributed by atoms with Gasteiger partial charge in [0.1, 0.15) is 12.6 Å². The predicted molar refractivity (Wildman–Crippen MR) is 66.8 cm³/mol. The van der Waals surface area contributed by atoms with Crippen molar-refractivity contribution in [3.05, 3.63) is 17.5 Å². The fourth-order valence-electron chi connectivity index (χ4n) is 2.16. The minimum absolute atomic E-state index is 0.0267. The molecule has 1 aromatic rings. The molecule has 0 bridgehead atoms. The minimum Gasteiger partial charge on any atom is -0.325 e. The highest BCUT2D eigenvalue weighted by atomic mass is 16.2. The van der Waals surface area contributed by atoms with Crippen molar-refractivity contribution in [1.82, 2.24) is 14.7 Å². The lowest BCUT2D eigenvalue weighted by Crippen LogP contribution is -2.39. The van der Waals surface area contributed by atoms with E-state index in [4.69, 9.17) is 5.26 Å². The molecule has 0 aromatic carbocycles. The van der Waals surface area contributed by atoms with Gasteiger partial charge in [-0.1, -0.05) is 13.8 Å². The Kier molecular flexibility index (Phi) is 3.37. The van der Waals surface area contributed by atoms with Crippen LogP contribution in [0, 0.1) is 11.3 Å². The number of amides is 1. The third-order valence-corrected chi connectivity index (χ3v) is 3.34. The summed E-state index contributed by atoms with van der Waals surface area (Å²) in [6.07, 6.45) is 0.761. The second-order valence-corrected chi connectivity index (χ2v) is 5.02. The van der Waals surface area contributed by atoms with E-state index in [0.717, 1.165) is 17.8 Å². The third kappa shape index (κ3) is 2.23. The van der Waals surface area contributed by atoms with Crippen LogP contribution >= 0.6 is 0 Å². The van der Waals surface area contributed by atoms with E-state index in [0.29, 0.717) is 12.5 Å². The zero-order valence-electron chi connectivity index (χ0n) is 11.1. The molecule has 0 fully saturated rings. The highest BCUT2D eigenvalue weighted by Crippen LogP contribution is 2.18. The second-order valence-electron chi connectivity index (χ2n) is 5.02. The van der Waals surface area contributed by atoms with Gasteiger partial charge in [-0.25, -0.2) is 0 Å². The maximum atomic E-state index is 12.1. The maximum absolute atomic E-state index is 12.1. The summed E-state index contributed by atoms with van der Waals surface area (Å²) >= 11 is 0. The molecule has 1 aromatic heterocycles. The monoisotopic (exact) mass is 246 g/mol. The lowest BCUT2D eigenvalue weighted by molar-refractivity contribution is -0.132. The van der Waals surface area contributed by atoms with E-state index in [9.17, 15) is 4.79 Å². The standard InChI is InChI=1S/C13H18N4O/c1-9(2)12-6-11-4-5-16(10(3)7-14)13(18)8-17(11)15-12/h6,9-10H,4-5,8H2,1-3H3. The molecule has 1 aliphatic rings. The molecule has 2 heterocycles. The maximum Gasteiger partial charge on any atom is 0.245 e. The number of fused-ring (bicyclic) bond motifs is 1. The van der Waals surface area contributed by atoms with Crippen LogP contribution in [0.15, 0.2) is 6.07 Å². The number of nitrogens with zero attached hydrogens (tertiary/aromatic N) is 4. The summed E-state index contributed by atoms with van der Waals surface area (Å²) in [5.74, 6) is 0.342. The smallest absolute Gasteiger partial charge is 0.245 e. The van der Waals surface area contributed by atoms with E-state index in [-0.39, 0.29) is 18.5 Å². The number of rotatable bonds is 2. The topological polar surface area (TPSA) is 61.9 Å². The van der Waals surface area contributed by atoms with Gasteiger partial charge in [0.25, 0.3) is 0 Å². The molecule has 2 rings (SSSR count). The number of carbonyl (C=O) groups is 1. The molecular weight excluding hydrogens is 228 g/mol. The van der Waals surface area contributed by atoms with E-state index in [1.807, 2.05) is 0 Å². The molecule has 1 atom stereocenters. The first-order valence-corrected chi connectivity index (χ1v) is 6.28. The van der Waals surface area contributed by atoms with Gasteiger partial charge in [0.05, 0.1) is 11.8 Å². The van der Waals surface area contributed by atoms with Gasteiger partial charge in [-0.2, -0.15) is 10.4 Å². The van der Waals surface area contributed by atoms with Crippen molar-refractivity contribution in [3.63, 3.8) is 0 Å². The van der Waals surface area contributed by atoms with E-state index >= 15 is 0 Å². The highest BCUT2D eigenvalue weighted by molar-refractivity contribution is 5.77. The van der Waals surface area contributed by atoms with Crippen molar-refractivity contribution in [1.29, 1.82) is 5.26 Å². The molecule has 96 valence electrons. The Morgan fingerprint density at radius 2 is 2.17 bits per heavy atom. The molecule has 0 spiro atoms. The van der Waals surface area contributed by atoms with Crippen LogP contribution in [-0.2, 0) is 17.8 Å². The normalized spacial score (nSPS) is 17.3.